The molecule has 2 nitrogen and oxygen atoms in total. The maximum atomic E-state index is 5.53. The van der Waals surface area contributed by atoms with Crippen LogP contribution in [-0.4, -0.2) is 18.2 Å². The van der Waals surface area contributed by atoms with Crippen LogP contribution in [0.3, 0.4) is 0 Å². The third-order valence-electron chi connectivity index (χ3n) is 2.09. The van der Waals surface area contributed by atoms with E-state index in [0.29, 0.717) is 0 Å². The Bertz CT molecular complexity index is 270. The first-order chi connectivity index (χ1) is 6.36. The second-order valence-electron chi connectivity index (χ2n) is 3.10. The Morgan fingerprint density at radius 2 is 2.46 bits per heavy atom. The second-order valence-corrected chi connectivity index (χ2v) is 4.95. The summed E-state index contributed by atoms with van der Waals surface area (Å²) in [4.78, 5) is 6.87. The van der Waals surface area contributed by atoms with Crippen LogP contribution in [0, 0.1) is 0 Å². The molecule has 13 heavy (non-hydrogen) atoms. The van der Waals surface area contributed by atoms with Crippen LogP contribution in [-0.2, 0) is 11.4 Å². The van der Waals surface area contributed by atoms with Crippen molar-refractivity contribution in [1.82, 2.24) is 5.06 Å². The summed E-state index contributed by atoms with van der Waals surface area (Å²) in [6, 6.07) is 2.09. The van der Waals surface area contributed by atoms with Crippen molar-refractivity contribution in [3.63, 3.8) is 0 Å². The molecule has 0 amide bonds. The molecule has 4 heteroatoms. The number of thiophene rings is 1. The van der Waals surface area contributed by atoms with E-state index in [1.54, 1.807) is 11.3 Å². The third kappa shape index (κ3) is 2.53. The normalized spacial score (nSPS) is 19.2. The highest BCUT2D eigenvalue weighted by molar-refractivity contribution is 9.10. The molecule has 0 aromatic carbocycles. The minimum atomic E-state index is 0.878. The van der Waals surface area contributed by atoms with Gasteiger partial charge in [-0.15, -0.1) is 11.3 Å². The quantitative estimate of drug-likeness (QED) is 0.812. The topological polar surface area (TPSA) is 12.5 Å². The molecule has 2 heterocycles. The molecule has 1 saturated heterocycles. The number of hydroxylamine groups is 2. The van der Waals surface area contributed by atoms with Gasteiger partial charge < -0.3 is 0 Å². The van der Waals surface area contributed by atoms with Crippen LogP contribution < -0.4 is 0 Å². The lowest BCUT2D eigenvalue weighted by Gasteiger charge is -2.25. The molecular weight excluding hydrogens is 250 g/mol. The molecule has 1 aliphatic rings. The van der Waals surface area contributed by atoms with Crippen LogP contribution in [0.15, 0.2) is 15.9 Å². The molecule has 0 aliphatic carbocycles. The van der Waals surface area contributed by atoms with Gasteiger partial charge >= 0.3 is 0 Å². The van der Waals surface area contributed by atoms with Gasteiger partial charge in [-0.05, 0) is 40.2 Å². The summed E-state index contributed by atoms with van der Waals surface area (Å²) in [5.74, 6) is 0. The Morgan fingerprint density at radius 3 is 3.08 bits per heavy atom. The molecule has 0 N–H and O–H groups in total. The standard InChI is InChI=1S/C9H12BrNOS/c10-8-3-6-13-9(8)7-11-4-1-2-5-12-11/h3,6H,1-2,4-5,7H2. The van der Waals surface area contributed by atoms with Crippen molar-refractivity contribution in [2.75, 3.05) is 13.2 Å². The SMILES string of the molecule is Brc1ccsc1CN1CCCCO1. The van der Waals surface area contributed by atoms with E-state index in [1.807, 2.05) is 0 Å². The van der Waals surface area contributed by atoms with Crippen molar-refractivity contribution in [2.45, 2.75) is 19.4 Å². The fourth-order valence-electron chi connectivity index (χ4n) is 1.37. The predicted octanol–water partition coefficient (Wildman–Crippen LogP) is 3.04. The van der Waals surface area contributed by atoms with Gasteiger partial charge in [-0.3, -0.25) is 4.84 Å². The van der Waals surface area contributed by atoms with E-state index in [0.717, 1.165) is 19.7 Å². The first-order valence-corrected chi connectivity index (χ1v) is 6.13. The lowest BCUT2D eigenvalue weighted by Crippen LogP contribution is -2.29. The van der Waals surface area contributed by atoms with Gasteiger partial charge in [0.25, 0.3) is 0 Å². The van der Waals surface area contributed by atoms with Crippen LogP contribution in [0.25, 0.3) is 0 Å². The minimum Gasteiger partial charge on any atom is -0.299 e. The molecule has 0 spiro atoms. The molecule has 1 aliphatic heterocycles. The lowest BCUT2D eigenvalue weighted by molar-refractivity contribution is -0.186. The van der Waals surface area contributed by atoms with E-state index in [2.05, 4.69) is 32.4 Å². The molecule has 0 atom stereocenters. The van der Waals surface area contributed by atoms with Crippen molar-refractivity contribution in [2.24, 2.45) is 0 Å². The van der Waals surface area contributed by atoms with E-state index in [-0.39, 0.29) is 0 Å². The summed E-state index contributed by atoms with van der Waals surface area (Å²) < 4.78 is 1.20. The maximum absolute atomic E-state index is 5.53. The van der Waals surface area contributed by atoms with Gasteiger partial charge in [0.05, 0.1) is 13.2 Å². The molecule has 2 rings (SSSR count). The number of nitrogens with zero attached hydrogens (tertiary/aromatic N) is 1. The largest absolute Gasteiger partial charge is 0.299 e. The summed E-state index contributed by atoms with van der Waals surface area (Å²) >= 11 is 5.30. The van der Waals surface area contributed by atoms with Crippen molar-refractivity contribution in [1.29, 1.82) is 0 Å². The number of halogens is 1. The summed E-state index contributed by atoms with van der Waals surface area (Å²) in [5.41, 5.74) is 0. The van der Waals surface area contributed by atoms with Crippen LogP contribution in [0.4, 0.5) is 0 Å². The molecule has 0 unspecified atom stereocenters. The van der Waals surface area contributed by atoms with Gasteiger partial charge in [0, 0.05) is 15.9 Å². The Balaban J connectivity index is 1.93. The average Bonchev–Trinajstić information content (AvgIpc) is 2.54. The Morgan fingerprint density at radius 1 is 1.54 bits per heavy atom. The fourth-order valence-corrected chi connectivity index (χ4v) is 2.85. The number of hydrogen-bond donors (Lipinski definition) is 0. The first-order valence-electron chi connectivity index (χ1n) is 4.46. The summed E-state index contributed by atoms with van der Waals surface area (Å²) in [7, 11) is 0. The zero-order valence-corrected chi connectivity index (χ0v) is 9.73. The first kappa shape index (κ1) is 9.65. The van der Waals surface area contributed by atoms with E-state index in [4.69, 9.17) is 4.84 Å². The Hall–Kier alpha value is 0.1000. The van der Waals surface area contributed by atoms with Gasteiger partial charge in [0.15, 0.2) is 0 Å². The van der Waals surface area contributed by atoms with Crippen LogP contribution in [0.5, 0.6) is 0 Å². The zero-order valence-electron chi connectivity index (χ0n) is 7.33. The van der Waals surface area contributed by atoms with Crippen LogP contribution in [0.2, 0.25) is 0 Å². The highest BCUT2D eigenvalue weighted by atomic mass is 79.9. The highest BCUT2D eigenvalue weighted by Crippen LogP contribution is 2.24. The number of hydrogen-bond acceptors (Lipinski definition) is 3. The molecule has 72 valence electrons. The molecule has 0 saturated carbocycles. The number of rotatable bonds is 2. The summed E-state index contributed by atoms with van der Waals surface area (Å²) in [6.07, 6.45) is 2.45. The monoisotopic (exact) mass is 261 g/mol. The van der Waals surface area contributed by atoms with Gasteiger partial charge in [0.2, 0.25) is 0 Å². The van der Waals surface area contributed by atoms with E-state index < -0.39 is 0 Å². The molecular formula is C9H12BrNOS. The third-order valence-corrected chi connectivity index (χ3v) is 4.00. The van der Waals surface area contributed by atoms with E-state index in [9.17, 15) is 0 Å². The molecule has 1 aromatic rings. The van der Waals surface area contributed by atoms with Crippen molar-refractivity contribution < 1.29 is 4.84 Å². The summed E-state index contributed by atoms with van der Waals surface area (Å²) in [6.45, 7) is 2.85. The van der Waals surface area contributed by atoms with E-state index >= 15 is 0 Å². The van der Waals surface area contributed by atoms with Gasteiger partial charge in [-0.1, -0.05) is 0 Å². The maximum Gasteiger partial charge on any atom is 0.0685 e. The molecule has 1 aromatic heterocycles. The lowest BCUT2D eigenvalue weighted by atomic mass is 10.3. The zero-order chi connectivity index (χ0) is 9.10. The molecule has 0 bridgehead atoms. The van der Waals surface area contributed by atoms with Crippen LogP contribution in [0.1, 0.15) is 17.7 Å². The van der Waals surface area contributed by atoms with Crippen molar-refractivity contribution in [3.8, 4) is 0 Å². The summed E-state index contributed by atoms with van der Waals surface area (Å²) in [5, 5.41) is 4.16. The smallest absolute Gasteiger partial charge is 0.0685 e. The fraction of sp³-hybridized carbons (Fsp3) is 0.556. The van der Waals surface area contributed by atoms with Crippen LogP contribution >= 0.6 is 27.3 Å². The Kier molecular flexibility index (Phi) is 3.38. The average molecular weight is 262 g/mol. The second kappa shape index (κ2) is 4.55. The van der Waals surface area contributed by atoms with Gasteiger partial charge in [0.1, 0.15) is 0 Å². The van der Waals surface area contributed by atoms with Crippen molar-refractivity contribution in [3.05, 3.63) is 20.8 Å². The van der Waals surface area contributed by atoms with Gasteiger partial charge in [-0.2, -0.15) is 5.06 Å². The van der Waals surface area contributed by atoms with Gasteiger partial charge in [-0.25, -0.2) is 0 Å². The molecule has 0 radical (unpaired) electrons. The predicted molar refractivity (Wildman–Crippen MR) is 57.6 cm³/mol. The molecule has 1 fully saturated rings. The van der Waals surface area contributed by atoms with Crippen molar-refractivity contribution >= 4 is 27.3 Å². The minimum absolute atomic E-state index is 0.878. The Labute approximate surface area is 90.6 Å². The highest BCUT2D eigenvalue weighted by Gasteiger charge is 2.13. The van der Waals surface area contributed by atoms with E-state index in [1.165, 1.54) is 22.2 Å².